The number of hydrogen-bond acceptors (Lipinski definition) is 2. The van der Waals surface area contributed by atoms with E-state index >= 15 is 0 Å². The molecule has 2 heterocycles. The second-order valence-corrected chi connectivity index (χ2v) is 4.57. The van der Waals surface area contributed by atoms with Gasteiger partial charge in [0.25, 0.3) is 0 Å². The number of benzene rings is 1. The monoisotopic (exact) mass is 274 g/mol. The number of halogens is 2. The van der Waals surface area contributed by atoms with Crippen molar-refractivity contribution in [1.29, 1.82) is 0 Å². The molecule has 2 aliphatic heterocycles. The minimum Gasteiger partial charge on any atom is -0.385 e. The highest BCUT2D eigenvalue weighted by Gasteiger charge is 2.15. The highest BCUT2D eigenvalue weighted by Crippen LogP contribution is 2.28. The van der Waals surface area contributed by atoms with E-state index in [0.717, 1.165) is 6.54 Å². The summed E-state index contributed by atoms with van der Waals surface area (Å²) in [6, 6.07) is 6.92. The number of nitrogens with one attached hydrogen (secondary N) is 1. The van der Waals surface area contributed by atoms with Crippen LogP contribution in [-0.2, 0) is 6.42 Å². The predicted molar refractivity (Wildman–Crippen MR) is 79.2 cm³/mol. The van der Waals surface area contributed by atoms with E-state index in [1.165, 1.54) is 55.7 Å². The minimum atomic E-state index is 0. The molecule has 3 rings (SSSR count). The first kappa shape index (κ1) is 14.5. The van der Waals surface area contributed by atoms with Gasteiger partial charge in [0.1, 0.15) is 0 Å². The number of rotatable bonds is 1. The van der Waals surface area contributed by atoms with Gasteiger partial charge in [0.05, 0.1) is 0 Å². The Kier molecular flexibility index (Phi) is 5.41. The average Bonchev–Trinajstić information content (AvgIpc) is 2.82. The summed E-state index contributed by atoms with van der Waals surface area (Å²) in [6.45, 7) is 3.61. The summed E-state index contributed by atoms with van der Waals surface area (Å²) in [7, 11) is 0. The molecule has 17 heavy (non-hydrogen) atoms. The molecule has 2 aliphatic rings. The van der Waals surface area contributed by atoms with Crippen LogP contribution < -0.4 is 10.2 Å². The molecule has 0 aromatic heterocycles. The number of aryl methyl sites for hydroxylation is 1. The smallest absolute Gasteiger partial charge is 0.0393 e. The second-order valence-electron chi connectivity index (χ2n) is 4.57. The summed E-state index contributed by atoms with van der Waals surface area (Å²) in [5, 5.41) is 3.50. The third kappa shape index (κ3) is 2.99. The fourth-order valence-electron chi connectivity index (χ4n) is 2.62. The normalized spacial score (nSPS) is 17.5. The van der Waals surface area contributed by atoms with Crippen molar-refractivity contribution in [3.63, 3.8) is 0 Å². The fraction of sp³-hybridized carbons (Fsp3) is 0.538. The zero-order chi connectivity index (χ0) is 10.1. The number of fused-ring (bicyclic) bond motifs is 1. The van der Waals surface area contributed by atoms with Crippen molar-refractivity contribution in [2.75, 3.05) is 29.9 Å². The maximum atomic E-state index is 3.50. The standard InChI is InChI=1S/C13H18N2.2ClH/c1-2-9-15(8-1)12-6-5-11-4-3-7-14-13(11)10-12;;/h5-6,10,14H,1-4,7-9H2;2*1H. The van der Waals surface area contributed by atoms with Gasteiger partial charge < -0.3 is 10.2 Å². The second kappa shape index (κ2) is 6.36. The minimum absolute atomic E-state index is 0. The van der Waals surface area contributed by atoms with E-state index in [4.69, 9.17) is 0 Å². The van der Waals surface area contributed by atoms with Crippen molar-refractivity contribution in [1.82, 2.24) is 0 Å². The van der Waals surface area contributed by atoms with Crippen LogP contribution in [0, 0.1) is 0 Å². The Morgan fingerprint density at radius 2 is 1.76 bits per heavy atom. The van der Waals surface area contributed by atoms with E-state index in [9.17, 15) is 0 Å². The zero-order valence-electron chi connectivity index (χ0n) is 9.95. The number of anilines is 2. The topological polar surface area (TPSA) is 15.3 Å². The third-order valence-electron chi connectivity index (χ3n) is 3.50. The van der Waals surface area contributed by atoms with Gasteiger partial charge in [0.2, 0.25) is 0 Å². The highest BCUT2D eigenvalue weighted by atomic mass is 35.5. The SMILES string of the molecule is Cl.Cl.c1cc2c(cc1N1CCCC1)NCCC2. The van der Waals surface area contributed by atoms with Crippen LogP contribution >= 0.6 is 24.8 Å². The van der Waals surface area contributed by atoms with Gasteiger partial charge in [-0.25, -0.2) is 0 Å². The quantitative estimate of drug-likeness (QED) is 0.844. The summed E-state index contributed by atoms with van der Waals surface area (Å²) in [4.78, 5) is 2.50. The Bertz CT molecular complexity index is 362. The molecule has 0 aliphatic carbocycles. The molecule has 4 heteroatoms. The largest absolute Gasteiger partial charge is 0.385 e. The Balaban J connectivity index is 0.000000722. The first-order chi connectivity index (χ1) is 7.43. The van der Waals surface area contributed by atoms with Gasteiger partial charge in [-0.05, 0) is 43.4 Å². The van der Waals surface area contributed by atoms with Gasteiger partial charge in [0, 0.05) is 31.0 Å². The van der Waals surface area contributed by atoms with Crippen molar-refractivity contribution < 1.29 is 0 Å². The van der Waals surface area contributed by atoms with Crippen LogP contribution in [0.25, 0.3) is 0 Å². The lowest BCUT2D eigenvalue weighted by Crippen LogP contribution is -2.19. The lowest BCUT2D eigenvalue weighted by atomic mass is 10.0. The van der Waals surface area contributed by atoms with Gasteiger partial charge in [-0.3, -0.25) is 0 Å². The summed E-state index contributed by atoms with van der Waals surface area (Å²) in [5.41, 5.74) is 4.26. The van der Waals surface area contributed by atoms with Crippen molar-refractivity contribution in [2.24, 2.45) is 0 Å². The number of hydrogen-bond donors (Lipinski definition) is 1. The van der Waals surface area contributed by atoms with Crippen LogP contribution in [0.1, 0.15) is 24.8 Å². The number of nitrogens with zero attached hydrogens (tertiary/aromatic N) is 1. The van der Waals surface area contributed by atoms with Crippen LogP contribution in [0.3, 0.4) is 0 Å². The van der Waals surface area contributed by atoms with Crippen molar-refractivity contribution in [3.05, 3.63) is 23.8 Å². The van der Waals surface area contributed by atoms with Crippen LogP contribution in [0.5, 0.6) is 0 Å². The average molecular weight is 275 g/mol. The molecule has 1 N–H and O–H groups in total. The van der Waals surface area contributed by atoms with Gasteiger partial charge in [-0.2, -0.15) is 0 Å². The van der Waals surface area contributed by atoms with E-state index in [-0.39, 0.29) is 24.8 Å². The van der Waals surface area contributed by atoms with Gasteiger partial charge in [-0.15, -0.1) is 24.8 Å². The Morgan fingerprint density at radius 3 is 2.53 bits per heavy atom. The molecule has 1 saturated heterocycles. The molecule has 0 amide bonds. The summed E-state index contributed by atoms with van der Waals surface area (Å²) < 4.78 is 0. The first-order valence-electron chi connectivity index (χ1n) is 6.05. The molecule has 0 saturated carbocycles. The van der Waals surface area contributed by atoms with E-state index in [1.54, 1.807) is 0 Å². The van der Waals surface area contributed by atoms with E-state index in [2.05, 4.69) is 28.4 Å². The van der Waals surface area contributed by atoms with Gasteiger partial charge >= 0.3 is 0 Å². The lowest BCUT2D eigenvalue weighted by Gasteiger charge is -2.23. The summed E-state index contributed by atoms with van der Waals surface area (Å²) in [5.74, 6) is 0. The van der Waals surface area contributed by atoms with Crippen LogP contribution in [0.15, 0.2) is 18.2 Å². The Labute approximate surface area is 116 Å². The van der Waals surface area contributed by atoms with Crippen molar-refractivity contribution in [3.8, 4) is 0 Å². The third-order valence-corrected chi connectivity index (χ3v) is 3.50. The summed E-state index contributed by atoms with van der Waals surface area (Å²) >= 11 is 0. The van der Waals surface area contributed by atoms with Crippen LogP contribution in [-0.4, -0.2) is 19.6 Å². The Morgan fingerprint density at radius 1 is 1.00 bits per heavy atom. The van der Waals surface area contributed by atoms with Crippen LogP contribution in [0.2, 0.25) is 0 Å². The first-order valence-corrected chi connectivity index (χ1v) is 6.05. The molecule has 0 spiro atoms. The molecule has 96 valence electrons. The molecule has 0 bridgehead atoms. The highest BCUT2D eigenvalue weighted by molar-refractivity contribution is 5.85. The van der Waals surface area contributed by atoms with Gasteiger partial charge in [0.15, 0.2) is 0 Å². The molecule has 0 atom stereocenters. The summed E-state index contributed by atoms with van der Waals surface area (Å²) in [6.07, 6.45) is 5.22. The van der Waals surface area contributed by atoms with Crippen LogP contribution in [0.4, 0.5) is 11.4 Å². The maximum Gasteiger partial charge on any atom is 0.0393 e. The molecule has 1 aromatic rings. The van der Waals surface area contributed by atoms with Gasteiger partial charge in [-0.1, -0.05) is 6.07 Å². The molecule has 1 fully saturated rings. The molecule has 0 radical (unpaired) electrons. The van der Waals surface area contributed by atoms with Crippen molar-refractivity contribution >= 4 is 36.2 Å². The van der Waals surface area contributed by atoms with E-state index in [1.807, 2.05) is 0 Å². The predicted octanol–water partition coefficient (Wildman–Crippen LogP) is 3.49. The molecule has 0 unspecified atom stereocenters. The molecular weight excluding hydrogens is 255 g/mol. The van der Waals surface area contributed by atoms with E-state index in [0.29, 0.717) is 0 Å². The zero-order valence-corrected chi connectivity index (χ0v) is 11.6. The fourth-order valence-corrected chi connectivity index (χ4v) is 2.62. The lowest BCUT2D eigenvalue weighted by molar-refractivity contribution is 0.829. The molecule has 2 nitrogen and oxygen atoms in total. The molecular formula is C13H20Cl2N2. The Hall–Kier alpha value is -0.600. The molecule has 1 aromatic carbocycles. The maximum absolute atomic E-state index is 3.50. The van der Waals surface area contributed by atoms with Crippen molar-refractivity contribution in [2.45, 2.75) is 25.7 Å². The van der Waals surface area contributed by atoms with E-state index < -0.39 is 0 Å².